The van der Waals surface area contributed by atoms with Crippen LogP contribution >= 0.6 is 0 Å². The van der Waals surface area contributed by atoms with Gasteiger partial charge in [-0.1, -0.05) is 0 Å². The minimum absolute atomic E-state index is 0.0201. The fourth-order valence-corrected chi connectivity index (χ4v) is 2.29. The van der Waals surface area contributed by atoms with Gasteiger partial charge >= 0.3 is 0 Å². The Hall–Kier alpha value is -2.23. The Morgan fingerprint density at radius 1 is 1.10 bits per heavy atom. The van der Waals surface area contributed by atoms with E-state index < -0.39 is 0 Å². The van der Waals surface area contributed by atoms with Gasteiger partial charge in [-0.3, -0.25) is 4.79 Å². The summed E-state index contributed by atoms with van der Waals surface area (Å²) < 4.78 is 7.52. The number of carbonyl (C=O) groups excluding carboxylic acids is 1. The first-order valence-electron chi connectivity index (χ1n) is 7.25. The molecule has 0 spiro atoms. The first-order chi connectivity index (χ1) is 10.1. The van der Waals surface area contributed by atoms with Crippen molar-refractivity contribution < 1.29 is 9.53 Å². The molecule has 1 aromatic carbocycles. The number of nitrogens with one attached hydrogen (secondary N) is 1. The Morgan fingerprint density at radius 3 is 2.29 bits per heavy atom. The number of benzene rings is 1. The zero-order valence-electron chi connectivity index (χ0n) is 12.8. The summed E-state index contributed by atoms with van der Waals surface area (Å²) in [4.78, 5) is 12.0. The number of amides is 1. The molecule has 0 atom stereocenters. The van der Waals surface area contributed by atoms with E-state index in [-0.39, 0.29) is 5.91 Å². The molecule has 0 saturated heterocycles. The Labute approximate surface area is 125 Å². The third-order valence-electron chi connectivity index (χ3n) is 3.43. The highest BCUT2D eigenvalue weighted by molar-refractivity contribution is 5.90. The molecule has 4 nitrogen and oxygen atoms in total. The smallest absolute Gasteiger partial charge is 0.226 e. The molecule has 0 aliphatic heterocycles. The van der Waals surface area contributed by atoms with Crippen molar-refractivity contribution in [2.45, 2.75) is 33.7 Å². The van der Waals surface area contributed by atoms with E-state index in [1.54, 1.807) is 0 Å². The number of aryl methyl sites for hydroxylation is 2. The Balaban J connectivity index is 1.87. The van der Waals surface area contributed by atoms with Gasteiger partial charge < -0.3 is 14.6 Å². The number of carbonyl (C=O) groups is 1. The minimum atomic E-state index is 0.0201. The van der Waals surface area contributed by atoms with E-state index in [0.29, 0.717) is 19.6 Å². The lowest BCUT2D eigenvalue weighted by Gasteiger charge is -2.10. The van der Waals surface area contributed by atoms with Gasteiger partial charge in [0.1, 0.15) is 5.75 Å². The van der Waals surface area contributed by atoms with Gasteiger partial charge in [-0.05, 0) is 57.2 Å². The lowest BCUT2D eigenvalue weighted by molar-refractivity contribution is -0.116. The monoisotopic (exact) mass is 286 g/mol. The number of rotatable bonds is 6. The summed E-state index contributed by atoms with van der Waals surface area (Å²) in [6.45, 7) is 7.39. The Kier molecular flexibility index (Phi) is 5.04. The Bertz CT molecular complexity index is 580. The molecular weight excluding hydrogens is 264 g/mol. The molecule has 1 N–H and O–H groups in total. The van der Waals surface area contributed by atoms with E-state index in [1.807, 2.05) is 31.2 Å². The van der Waals surface area contributed by atoms with Crippen molar-refractivity contribution in [3.8, 4) is 5.75 Å². The third kappa shape index (κ3) is 4.12. The standard InChI is InChI=1S/C17H22N2O2/c1-4-21-16-9-7-15(8-10-16)18-17(20)11-12-19-13(2)5-6-14(19)3/h5-10H,4,11-12H2,1-3H3,(H,18,20). The van der Waals surface area contributed by atoms with Gasteiger partial charge in [0, 0.05) is 30.0 Å². The van der Waals surface area contributed by atoms with Crippen LogP contribution in [0.2, 0.25) is 0 Å². The van der Waals surface area contributed by atoms with E-state index in [1.165, 1.54) is 11.4 Å². The second-order valence-electron chi connectivity index (χ2n) is 5.02. The van der Waals surface area contributed by atoms with Gasteiger partial charge in [-0.25, -0.2) is 0 Å². The molecule has 0 saturated carbocycles. The normalized spacial score (nSPS) is 10.4. The average Bonchev–Trinajstić information content (AvgIpc) is 2.78. The van der Waals surface area contributed by atoms with Crippen molar-refractivity contribution >= 4 is 11.6 Å². The molecular formula is C17H22N2O2. The molecule has 1 amide bonds. The number of aromatic nitrogens is 1. The van der Waals surface area contributed by atoms with Gasteiger partial charge in [-0.15, -0.1) is 0 Å². The molecule has 21 heavy (non-hydrogen) atoms. The van der Waals surface area contributed by atoms with E-state index in [4.69, 9.17) is 4.74 Å². The molecule has 0 unspecified atom stereocenters. The lowest BCUT2D eigenvalue weighted by atomic mass is 10.3. The summed E-state index contributed by atoms with van der Waals surface area (Å²) in [5.74, 6) is 0.834. The van der Waals surface area contributed by atoms with Crippen molar-refractivity contribution in [2.24, 2.45) is 0 Å². The number of hydrogen-bond donors (Lipinski definition) is 1. The van der Waals surface area contributed by atoms with Crippen LogP contribution in [0.25, 0.3) is 0 Å². The molecule has 0 aliphatic carbocycles. The SMILES string of the molecule is CCOc1ccc(NC(=O)CCn2c(C)ccc2C)cc1. The molecule has 4 heteroatoms. The Morgan fingerprint density at radius 2 is 1.71 bits per heavy atom. The van der Waals surface area contributed by atoms with Crippen molar-refractivity contribution in [3.63, 3.8) is 0 Å². The van der Waals surface area contributed by atoms with Crippen LogP contribution in [0.1, 0.15) is 24.7 Å². The highest BCUT2D eigenvalue weighted by Crippen LogP contribution is 2.16. The van der Waals surface area contributed by atoms with Crippen LogP contribution in [0.15, 0.2) is 36.4 Å². The number of nitrogens with zero attached hydrogens (tertiary/aromatic N) is 1. The van der Waals surface area contributed by atoms with Crippen molar-refractivity contribution in [3.05, 3.63) is 47.8 Å². The number of anilines is 1. The largest absolute Gasteiger partial charge is 0.494 e. The average molecular weight is 286 g/mol. The summed E-state index contributed by atoms with van der Waals surface area (Å²) in [6.07, 6.45) is 0.462. The zero-order valence-corrected chi connectivity index (χ0v) is 12.8. The van der Waals surface area contributed by atoms with E-state index >= 15 is 0 Å². The molecule has 0 radical (unpaired) electrons. The first-order valence-corrected chi connectivity index (χ1v) is 7.25. The molecule has 2 aromatic rings. The minimum Gasteiger partial charge on any atom is -0.494 e. The molecule has 0 aliphatic rings. The van der Waals surface area contributed by atoms with Gasteiger partial charge in [0.2, 0.25) is 5.91 Å². The van der Waals surface area contributed by atoms with Gasteiger partial charge in [-0.2, -0.15) is 0 Å². The van der Waals surface area contributed by atoms with Crippen LogP contribution in [0.3, 0.4) is 0 Å². The maximum absolute atomic E-state index is 12.0. The van der Waals surface area contributed by atoms with Gasteiger partial charge in [0.05, 0.1) is 6.61 Å². The van der Waals surface area contributed by atoms with Crippen molar-refractivity contribution in [1.29, 1.82) is 0 Å². The maximum atomic E-state index is 12.0. The number of hydrogen-bond acceptors (Lipinski definition) is 2. The first kappa shape index (κ1) is 15.2. The van der Waals surface area contributed by atoms with Crippen molar-refractivity contribution in [2.75, 3.05) is 11.9 Å². The predicted molar refractivity (Wildman–Crippen MR) is 84.8 cm³/mol. The zero-order chi connectivity index (χ0) is 15.2. The fraction of sp³-hybridized carbons (Fsp3) is 0.353. The highest BCUT2D eigenvalue weighted by atomic mass is 16.5. The van der Waals surface area contributed by atoms with Crippen LogP contribution in [0, 0.1) is 13.8 Å². The predicted octanol–water partition coefficient (Wildman–Crippen LogP) is 3.53. The third-order valence-corrected chi connectivity index (χ3v) is 3.43. The van der Waals surface area contributed by atoms with Crippen LogP contribution in [0.5, 0.6) is 5.75 Å². The fourth-order valence-electron chi connectivity index (χ4n) is 2.29. The van der Waals surface area contributed by atoms with Crippen LogP contribution in [0.4, 0.5) is 5.69 Å². The summed E-state index contributed by atoms with van der Waals surface area (Å²) in [7, 11) is 0. The molecule has 0 bridgehead atoms. The van der Waals surface area contributed by atoms with Crippen molar-refractivity contribution in [1.82, 2.24) is 4.57 Å². The maximum Gasteiger partial charge on any atom is 0.226 e. The topological polar surface area (TPSA) is 43.3 Å². The summed E-state index contributed by atoms with van der Waals surface area (Å²) >= 11 is 0. The van der Waals surface area contributed by atoms with Crippen LogP contribution < -0.4 is 10.1 Å². The lowest BCUT2D eigenvalue weighted by Crippen LogP contribution is -2.15. The quantitative estimate of drug-likeness (QED) is 0.882. The van der Waals surface area contributed by atoms with E-state index in [9.17, 15) is 4.79 Å². The molecule has 1 heterocycles. The molecule has 2 rings (SSSR count). The summed E-state index contributed by atoms with van der Waals surface area (Å²) in [5.41, 5.74) is 3.16. The number of ether oxygens (including phenoxy) is 1. The summed E-state index contributed by atoms with van der Waals surface area (Å²) in [5, 5.41) is 2.90. The highest BCUT2D eigenvalue weighted by Gasteiger charge is 2.06. The van der Waals surface area contributed by atoms with Crippen LogP contribution in [-0.2, 0) is 11.3 Å². The van der Waals surface area contributed by atoms with Gasteiger partial charge in [0.25, 0.3) is 0 Å². The van der Waals surface area contributed by atoms with Gasteiger partial charge in [0.15, 0.2) is 0 Å². The van der Waals surface area contributed by atoms with E-state index in [2.05, 4.69) is 35.9 Å². The molecule has 112 valence electrons. The summed E-state index contributed by atoms with van der Waals surface area (Å²) in [6, 6.07) is 11.6. The molecule has 0 fully saturated rings. The van der Waals surface area contributed by atoms with E-state index in [0.717, 1.165) is 11.4 Å². The second-order valence-corrected chi connectivity index (χ2v) is 5.02. The van der Waals surface area contributed by atoms with Crippen LogP contribution in [-0.4, -0.2) is 17.1 Å². The molecule has 1 aromatic heterocycles. The second kappa shape index (κ2) is 6.97.